The Bertz CT molecular complexity index is 975. The van der Waals surface area contributed by atoms with E-state index in [-0.39, 0.29) is 0 Å². The Balaban J connectivity index is 1.56. The maximum absolute atomic E-state index is 13.1. The van der Waals surface area contributed by atoms with Gasteiger partial charge in [0.1, 0.15) is 16.9 Å². The molecule has 1 amide bonds. The van der Waals surface area contributed by atoms with Gasteiger partial charge in [0.15, 0.2) is 6.61 Å². The van der Waals surface area contributed by atoms with Crippen LogP contribution in [0.25, 0.3) is 6.08 Å². The molecule has 5 nitrogen and oxygen atoms in total. The second-order valence-electron chi connectivity index (χ2n) is 6.71. The Kier molecular flexibility index (Phi) is 6.22. The van der Waals surface area contributed by atoms with Gasteiger partial charge in [-0.1, -0.05) is 19.1 Å². The summed E-state index contributed by atoms with van der Waals surface area (Å²) in [6, 6.07) is 7.93. The van der Waals surface area contributed by atoms with Crippen LogP contribution < -0.4 is 5.32 Å². The van der Waals surface area contributed by atoms with Crippen molar-refractivity contribution < 1.29 is 18.7 Å². The third-order valence-corrected chi connectivity index (χ3v) is 5.65. The standard InChI is InChI=1S/C21H19FN2O3S/c1-13-5-7-16-17(11-23)21(28-18(16)9-13)24-19(25)12-27-20(26)8-6-14-3-2-4-15(22)10-14/h2-4,6,8,10,13H,5,7,9,12H2,1H3,(H,24,25)/b8-6+/t13-/m0/s1. The number of fused-ring (bicyclic) bond motifs is 1. The summed E-state index contributed by atoms with van der Waals surface area (Å²) >= 11 is 1.42. The first-order valence-electron chi connectivity index (χ1n) is 8.91. The first-order valence-corrected chi connectivity index (χ1v) is 9.72. The van der Waals surface area contributed by atoms with E-state index in [1.54, 1.807) is 6.07 Å². The second-order valence-corrected chi connectivity index (χ2v) is 7.82. The summed E-state index contributed by atoms with van der Waals surface area (Å²) in [5.74, 6) is -1.06. The van der Waals surface area contributed by atoms with Gasteiger partial charge in [-0.3, -0.25) is 4.79 Å². The third kappa shape index (κ3) is 4.84. The molecule has 0 unspecified atom stereocenters. The number of hydrogen-bond donors (Lipinski definition) is 1. The molecule has 0 fully saturated rings. The van der Waals surface area contributed by atoms with E-state index in [2.05, 4.69) is 18.3 Å². The molecule has 0 saturated heterocycles. The molecule has 0 spiro atoms. The van der Waals surface area contributed by atoms with Gasteiger partial charge in [-0.05, 0) is 54.5 Å². The van der Waals surface area contributed by atoms with Crippen LogP contribution in [0, 0.1) is 23.1 Å². The van der Waals surface area contributed by atoms with E-state index >= 15 is 0 Å². The molecule has 1 aliphatic rings. The van der Waals surface area contributed by atoms with E-state index in [9.17, 15) is 19.2 Å². The average Bonchev–Trinajstić information content (AvgIpc) is 3.00. The van der Waals surface area contributed by atoms with Crippen molar-refractivity contribution in [1.29, 1.82) is 5.26 Å². The summed E-state index contributed by atoms with van der Waals surface area (Å²) in [6.07, 6.45) is 5.32. The van der Waals surface area contributed by atoms with E-state index in [1.165, 1.54) is 35.6 Å². The average molecular weight is 398 g/mol. The molecule has 7 heteroatoms. The maximum Gasteiger partial charge on any atom is 0.331 e. The zero-order valence-corrected chi connectivity index (χ0v) is 16.1. The summed E-state index contributed by atoms with van der Waals surface area (Å²) in [4.78, 5) is 25.0. The van der Waals surface area contributed by atoms with Crippen LogP contribution in [0.2, 0.25) is 0 Å². The van der Waals surface area contributed by atoms with Crippen molar-refractivity contribution >= 4 is 34.3 Å². The van der Waals surface area contributed by atoms with Crippen LogP contribution in [-0.4, -0.2) is 18.5 Å². The first kappa shape index (κ1) is 19.8. The Morgan fingerprint density at radius 2 is 2.29 bits per heavy atom. The fourth-order valence-corrected chi connectivity index (χ4v) is 4.46. The fourth-order valence-electron chi connectivity index (χ4n) is 3.08. The quantitative estimate of drug-likeness (QED) is 0.608. The monoisotopic (exact) mass is 398 g/mol. The lowest BCUT2D eigenvalue weighted by molar-refractivity contribution is -0.142. The molecule has 3 rings (SSSR count). The molecule has 1 aromatic carbocycles. The fraction of sp³-hybridized carbons (Fsp3) is 0.286. The highest BCUT2D eigenvalue weighted by atomic mass is 32.1. The highest BCUT2D eigenvalue weighted by molar-refractivity contribution is 7.16. The summed E-state index contributed by atoms with van der Waals surface area (Å²) in [7, 11) is 0. The van der Waals surface area contributed by atoms with Crippen LogP contribution >= 0.6 is 11.3 Å². The minimum atomic E-state index is -0.709. The van der Waals surface area contributed by atoms with Crippen molar-refractivity contribution in [2.24, 2.45) is 5.92 Å². The molecule has 2 aromatic rings. The van der Waals surface area contributed by atoms with E-state index in [4.69, 9.17) is 4.74 Å². The van der Waals surface area contributed by atoms with Gasteiger partial charge in [0.05, 0.1) is 5.56 Å². The van der Waals surface area contributed by atoms with Crippen molar-refractivity contribution in [2.75, 3.05) is 11.9 Å². The number of nitrogens with one attached hydrogen (secondary N) is 1. The summed E-state index contributed by atoms with van der Waals surface area (Å²) in [6.45, 7) is 1.71. The number of ether oxygens (including phenoxy) is 1. The van der Waals surface area contributed by atoms with Crippen molar-refractivity contribution in [1.82, 2.24) is 0 Å². The Morgan fingerprint density at radius 3 is 3.04 bits per heavy atom. The lowest BCUT2D eigenvalue weighted by Gasteiger charge is -2.17. The minimum absolute atomic E-state index is 0.406. The van der Waals surface area contributed by atoms with Crippen molar-refractivity contribution in [3.8, 4) is 6.07 Å². The van der Waals surface area contributed by atoms with Crippen molar-refractivity contribution in [3.05, 3.63) is 57.7 Å². The normalized spacial score (nSPS) is 15.7. The van der Waals surface area contributed by atoms with Crippen LogP contribution in [0.3, 0.4) is 0 Å². The highest BCUT2D eigenvalue weighted by Crippen LogP contribution is 2.39. The van der Waals surface area contributed by atoms with Gasteiger partial charge in [-0.25, -0.2) is 9.18 Å². The summed E-state index contributed by atoms with van der Waals surface area (Å²) in [5, 5.41) is 12.6. The van der Waals surface area contributed by atoms with Crippen molar-refractivity contribution in [2.45, 2.75) is 26.2 Å². The first-order chi connectivity index (χ1) is 13.5. The van der Waals surface area contributed by atoms with E-state index in [0.29, 0.717) is 22.0 Å². The number of rotatable bonds is 5. The number of amides is 1. The number of hydrogen-bond acceptors (Lipinski definition) is 5. The van der Waals surface area contributed by atoms with Gasteiger partial charge in [0.25, 0.3) is 5.91 Å². The predicted molar refractivity (Wildman–Crippen MR) is 105 cm³/mol. The molecule has 0 radical (unpaired) electrons. The highest BCUT2D eigenvalue weighted by Gasteiger charge is 2.24. The van der Waals surface area contributed by atoms with Crippen LogP contribution in [-0.2, 0) is 27.2 Å². The summed E-state index contributed by atoms with van der Waals surface area (Å²) < 4.78 is 18.0. The van der Waals surface area contributed by atoms with Crippen molar-refractivity contribution in [3.63, 3.8) is 0 Å². The van der Waals surface area contributed by atoms with Crippen LogP contribution in [0.15, 0.2) is 30.3 Å². The van der Waals surface area contributed by atoms with Gasteiger partial charge in [0, 0.05) is 11.0 Å². The van der Waals surface area contributed by atoms with Gasteiger partial charge < -0.3 is 10.1 Å². The zero-order valence-electron chi connectivity index (χ0n) is 15.3. The summed E-state index contributed by atoms with van der Waals surface area (Å²) in [5.41, 5.74) is 2.05. The number of halogens is 1. The molecule has 1 aromatic heterocycles. The molecule has 1 N–H and O–H groups in total. The number of carbonyl (C=O) groups excluding carboxylic acids is 2. The smallest absolute Gasteiger partial charge is 0.331 e. The molecule has 1 atom stereocenters. The number of nitrogens with zero attached hydrogens (tertiary/aromatic N) is 1. The van der Waals surface area contributed by atoms with Crippen LogP contribution in [0.4, 0.5) is 9.39 Å². The molecule has 28 heavy (non-hydrogen) atoms. The number of benzene rings is 1. The SMILES string of the molecule is C[C@H]1CCc2c(sc(NC(=O)COC(=O)/C=C/c3cccc(F)c3)c2C#N)C1. The Morgan fingerprint density at radius 1 is 1.46 bits per heavy atom. The number of esters is 1. The molecular formula is C21H19FN2O3S. The zero-order chi connectivity index (χ0) is 20.1. The minimum Gasteiger partial charge on any atom is -0.452 e. The van der Waals surface area contributed by atoms with Gasteiger partial charge in [-0.2, -0.15) is 5.26 Å². The van der Waals surface area contributed by atoms with Gasteiger partial charge >= 0.3 is 5.97 Å². The Hall–Kier alpha value is -2.98. The molecule has 144 valence electrons. The largest absolute Gasteiger partial charge is 0.452 e. The number of carbonyl (C=O) groups is 2. The molecule has 1 heterocycles. The van der Waals surface area contributed by atoms with Gasteiger partial charge in [-0.15, -0.1) is 11.3 Å². The Labute approximate surface area is 166 Å². The predicted octanol–water partition coefficient (Wildman–Crippen LogP) is 4.08. The lowest BCUT2D eigenvalue weighted by atomic mass is 9.89. The molecular weight excluding hydrogens is 379 g/mol. The van der Waals surface area contributed by atoms with E-state index < -0.39 is 24.3 Å². The van der Waals surface area contributed by atoms with E-state index in [0.717, 1.165) is 35.8 Å². The van der Waals surface area contributed by atoms with Crippen LogP contribution in [0.5, 0.6) is 0 Å². The number of thiophene rings is 1. The molecule has 1 aliphatic carbocycles. The van der Waals surface area contributed by atoms with E-state index in [1.807, 2.05) is 0 Å². The second kappa shape index (κ2) is 8.81. The number of anilines is 1. The lowest BCUT2D eigenvalue weighted by Crippen LogP contribution is -2.20. The third-order valence-electron chi connectivity index (χ3n) is 4.48. The molecule has 0 aliphatic heterocycles. The topological polar surface area (TPSA) is 79.2 Å². The van der Waals surface area contributed by atoms with Gasteiger partial charge in [0.2, 0.25) is 0 Å². The number of nitriles is 1. The van der Waals surface area contributed by atoms with Crippen LogP contribution in [0.1, 0.15) is 34.9 Å². The molecule has 0 saturated carbocycles. The molecule has 0 bridgehead atoms. The maximum atomic E-state index is 13.1.